The number of nitrogens with one attached hydrogen (secondary N) is 2. The number of sulfonamides is 1. The Morgan fingerprint density at radius 1 is 1.25 bits per heavy atom. The van der Waals surface area contributed by atoms with Crippen LogP contribution in [0.2, 0.25) is 0 Å². The van der Waals surface area contributed by atoms with Crippen molar-refractivity contribution in [3.05, 3.63) is 34.2 Å². The molecule has 0 amide bonds. The van der Waals surface area contributed by atoms with Crippen LogP contribution in [0.1, 0.15) is 32.4 Å². The van der Waals surface area contributed by atoms with Crippen LogP contribution in [-0.2, 0) is 10.0 Å². The third-order valence-electron chi connectivity index (χ3n) is 3.90. The number of aromatic nitrogens is 2. The van der Waals surface area contributed by atoms with Crippen LogP contribution in [0.15, 0.2) is 27.7 Å². The number of benzene rings is 1. The SMILES string of the molecule is CC(O)c1cc(Nc2ncc(Br)c(N[C@H](C)[C@@H](C)O)n2)cc(F)c1S(N)(=O)=O. The molecular weight excluding hydrogens is 457 g/mol. The molecule has 1 heterocycles. The molecule has 0 spiro atoms. The first-order chi connectivity index (χ1) is 12.9. The number of nitrogens with zero attached hydrogens (tertiary/aromatic N) is 2. The number of hydrogen-bond donors (Lipinski definition) is 5. The molecule has 1 unspecified atom stereocenters. The van der Waals surface area contributed by atoms with Crippen LogP contribution in [0, 0.1) is 5.82 Å². The zero-order valence-corrected chi connectivity index (χ0v) is 17.7. The van der Waals surface area contributed by atoms with Crippen molar-refractivity contribution in [1.82, 2.24) is 9.97 Å². The van der Waals surface area contributed by atoms with Gasteiger partial charge < -0.3 is 20.8 Å². The Labute approximate surface area is 170 Å². The molecule has 28 heavy (non-hydrogen) atoms. The monoisotopic (exact) mass is 477 g/mol. The van der Waals surface area contributed by atoms with Crippen molar-refractivity contribution in [1.29, 1.82) is 0 Å². The van der Waals surface area contributed by atoms with Gasteiger partial charge in [0.2, 0.25) is 16.0 Å². The lowest BCUT2D eigenvalue weighted by molar-refractivity contribution is 0.177. The molecule has 3 atom stereocenters. The van der Waals surface area contributed by atoms with Crippen LogP contribution in [0.3, 0.4) is 0 Å². The van der Waals surface area contributed by atoms with E-state index in [1.54, 1.807) is 13.8 Å². The summed E-state index contributed by atoms with van der Waals surface area (Å²) in [5.74, 6) is -0.632. The second kappa shape index (κ2) is 8.66. The smallest absolute Gasteiger partial charge is 0.241 e. The Kier molecular flexibility index (Phi) is 6.93. The van der Waals surface area contributed by atoms with Gasteiger partial charge in [-0.15, -0.1) is 0 Å². The number of hydrogen-bond acceptors (Lipinski definition) is 8. The quantitative estimate of drug-likeness (QED) is 0.406. The van der Waals surface area contributed by atoms with Gasteiger partial charge in [0, 0.05) is 17.4 Å². The molecule has 0 saturated heterocycles. The molecular formula is C16H21BrFN5O4S. The molecule has 12 heteroatoms. The fraction of sp³-hybridized carbons (Fsp3) is 0.375. The van der Waals surface area contributed by atoms with Crippen LogP contribution in [0.5, 0.6) is 0 Å². The summed E-state index contributed by atoms with van der Waals surface area (Å²) in [4.78, 5) is 7.54. The molecule has 0 radical (unpaired) electrons. The summed E-state index contributed by atoms with van der Waals surface area (Å²) in [5, 5.41) is 30.3. The molecule has 0 aliphatic carbocycles. The lowest BCUT2D eigenvalue weighted by Crippen LogP contribution is -2.28. The minimum absolute atomic E-state index is 0.0859. The Morgan fingerprint density at radius 2 is 1.89 bits per heavy atom. The summed E-state index contributed by atoms with van der Waals surface area (Å²) in [6.07, 6.45) is -0.455. The summed E-state index contributed by atoms with van der Waals surface area (Å²) in [6, 6.07) is 1.87. The lowest BCUT2D eigenvalue weighted by Gasteiger charge is -2.19. The number of primary sulfonamides is 1. The first-order valence-corrected chi connectivity index (χ1v) is 10.5. The van der Waals surface area contributed by atoms with Gasteiger partial charge in [-0.2, -0.15) is 4.98 Å². The zero-order valence-electron chi connectivity index (χ0n) is 15.3. The van der Waals surface area contributed by atoms with Gasteiger partial charge in [0.15, 0.2) is 0 Å². The Bertz CT molecular complexity index is 972. The average molecular weight is 478 g/mol. The van der Waals surface area contributed by atoms with E-state index in [0.717, 1.165) is 6.07 Å². The summed E-state index contributed by atoms with van der Waals surface area (Å²) in [6.45, 7) is 4.69. The molecule has 0 aliphatic rings. The second-order valence-electron chi connectivity index (χ2n) is 6.29. The molecule has 0 fully saturated rings. The maximum atomic E-state index is 14.4. The first kappa shape index (κ1) is 22.4. The van der Waals surface area contributed by atoms with Gasteiger partial charge in [-0.3, -0.25) is 0 Å². The molecule has 2 aromatic rings. The predicted octanol–water partition coefficient (Wildman–Crippen LogP) is 2.00. The van der Waals surface area contributed by atoms with E-state index in [4.69, 9.17) is 5.14 Å². The minimum Gasteiger partial charge on any atom is -0.391 e. The van der Waals surface area contributed by atoms with E-state index in [1.807, 2.05) is 0 Å². The number of aliphatic hydroxyl groups is 2. The van der Waals surface area contributed by atoms with Gasteiger partial charge in [0.05, 0.1) is 22.7 Å². The molecule has 6 N–H and O–H groups in total. The van der Waals surface area contributed by atoms with Crippen molar-refractivity contribution in [2.24, 2.45) is 5.14 Å². The Morgan fingerprint density at radius 3 is 2.43 bits per heavy atom. The molecule has 0 saturated carbocycles. The number of halogens is 2. The van der Waals surface area contributed by atoms with E-state index in [0.29, 0.717) is 10.3 Å². The van der Waals surface area contributed by atoms with Gasteiger partial charge in [0.25, 0.3) is 0 Å². The van der Waals surface area contributed by atoms with Crippen molar-refractivity contribution < 1.29 is 23.0 Å². The van der Waals surface area contributed by atoms with Crippen molar-refractivity contribution in [3.63, 3.8) is 0 Å². The summed E-state index contributed by atoms with van der Waals surface area (Å²) >= 11 is 3.30. The van der Waals surface area contributed by atoms with Crippen LogP contribution >= 0.6 is 15.9 Å². The minimum atomic E-state index is -4.37. The Balaban J connectivity index is 2.41. The van der Waals surface area contributed by atoms with E-state index in [9.17, 15) is 23.0 Å². The standard InChI is InChI=1S/C16H21BrFN5O4S/c1-7(8(2)24)21-15-12(17)6-20-16(23-15)22-10-4-11(9(3)25)14(13(18)5-10)28(19,26)27/h4-9,24-25H,1-3H3,(H2,19,26,27)(H2,20,21,22,23)/t7-,8-,9?/m1/s1. The van der Waals surface area contributed by atoms with E-state index >= 15 is 0 Å². The number of rotatable bonds is 7. The molecule has 1 aromatic heterocycles. The van der Waals surface area contributed by atoms with E-state index in [-0.39, 0.29) is 23.2 Å². The van der Waals surface area contributed by atoms with Gasteiger partial charge in [-0.25, -0.2) is 22.9 Å². The highest BCUT2D eigenvalue weighted by Gasteiger charge is 2.23. The van der Waals surface area contributed by atoms with Crippen LogP contribution < -0.4 is 15.8 Å². The normalized spacial score (nSPS) is 15.0. The van der Waals surface area contributed by atoms with E-state index < -0.39 is 32.9 Å². The molecule has 1 aromatic carbocycles. The number of anilines is 3. The third-order valence-corrected chi connectivity index (χ3v) is 5.48. The highest BCUT2D eigenvalue weighted by atomic mass is 79.9. The predicted molar refractivity (Wildman–Crippen MR) is 106 cm³/mol. The van der Waals surface area contributed by atoms with Gasteiger partial charge in [-0.05, 0) is 48.8 Å². The van der Waals surface area contributed by atoms with E-state index in [2.05, 4.69) is 36.5 Å². The maximum absolute atomic E-state index is 14.4. The van der Waals surface area contributed by atoms with Crippen LogP contribution in [-0.4, -0.2) is 40.7 Å². The molecule has 2 rings (SSSR count). The highest BCUT2D eigenvalue weighted by Crippen LogP contribution is 2.30. The molecule has 9 nitrogen and oxygen atoms in total. The van der Waals surface area contributed by atoms with Crippen molar-refractivity contribution in [2.45, 2.75) is 43.9 Å². The summed E-state index contributed by atoms with van der Waals surface area (Å²) < 4.78 is 38.2. The fourth-order valence-corrected chi connectivity index (χ4v) is 3.49. The molecule has 0 aliphatic heterocycles. The average Bonchev–Trinajstić information content (AvgIpc) is 2.55. The maximum Gasteiger partial charge on any atom is 0.241 e. The summed E-state index contributed by atoms with van der Waals surface area (Å²) in [7, 11) is -4.37. The lowest BCUT2D eigenvalue weighted by atomic mass is 10.1. The van der Waals surface area contributed by atoms with Crippen LogP contribution in [0.4, 0.5) is 21.8 Å². The topological polar surface area (TPSA) is 150 Å². The molecule has 154 valence electrons. The van der Waals surface area contributed by atoms with E-state index in [1.165, 1.54) is 19.2 Å². The number of nitrogens with two attached hydrogens (primary N) is 1. The van der Waals surface area contributed by atoms with Crippen LogP contribution in [0.25, 0.3) is 0 Å². The van der Waals surface area contributed by atoms with Crippen molar-refractivity contribution >= 4 is 43.4 Å². The van der Waals surface area contributed by atoms with Crippen molar-refractivity contribution in [3.8, 4) is 0 Å². The third kappa shape index (κ3) is 5.35. The molecule has 0 bridgehead atoms. The zero-order chi connectivity index (χ0) is 21.2. The second-order valence-corrected chi connectivity index (χ2v) is 8.64. The Hall–Kier alpha value is -1.86. The van der Waals surface area contributed by atoms with Gasteiger partial charge in [-0.1, -0.05) is 0 Å². The summed E-state index contributed by atoms with van der Waals surface area (Å²) in [5.41, 5.74) is -0.0687. The van der Waals surface area contributed by atoms with Crippen molar-refractivity contribution in [2.75, 3.05) is 10.6 Å². The van der Waals surface area contributed by atoms with Gasteiger partial charge in [0.1, 0.15) is 16.5 Å². The fourth-order valence-electron chi connectivity index (χ4n) is 2.29. The van der Waals surface area contributed by atoms with Gasteiger partial charge >= 0.3 is 0 Å². The number of aliphatic hydroxyl groups excluding tert-OH is 2. The largest absolute Gasteiger partial charge is 0.391 e. The highest BCUT2D eigenvalue weighted by molar-refractivity contribution is 9.10. The first-order valence-electron chi connectivity index (χ1n) is 8.18.